The van der Waals surface area contributed by atoms with Crippen molar-refractivity contribution < 1.29 is 32.6 Å². The summed E-state index contributed by atoms with van der Waals surface area (Å²) in [5.74, 6) is -2.08. The zero-order valence-electron chi connectivity index (χ0n) is 25.7. The maximum Gasteiger partial charge on any atom is 0.323 e. The Balaban J connectivity index is 1.60. The van der Waals surface area contributed by atoms with E-state index in [1.165, 1.54) is 0 Å². The van der Waals surface area contributed by atoms with E-state index in [1.807, 2.05) is 13.0 Å². The van der Waals surface area contributed by atoms with E-state index in [9.17, 15) is 27.9 Å². The maximum atomic E-state index is 13.1. The summed E-state index contributed by atoms with van der Waals surface area (Å²) in [7, 11) is -4.19. The molecule has 6 N–H and O–H groups in total. The number of unbranched alkanes of at least 4 members (excludes halogenated alkanes) is 2. The number of aryl methyl sites for hydroxylation is 3. The predicted octanol–water partition coefficient (Wildman–Crippen LogP) is 1.91. The van der Waals surface area contributed by atoms with Crippen molar-refractivity contribution in [2.45, 2.75) is 82.5 Å². The number of hydrogen-bond donors (Lipinski definition) is 5. The number of amides is 3. The fourth-order valence-corrected chi connectivity index (χ4v) is 7.08. The van der Waals surface area contributed by atoms with Gasteiger partial charge in [0.05, 0.1) is 28.8 Å². The standard InChI is InChI=1S/C30H44N6O7S/c1-5-6-8-12-33-30(40)36-17-22(15-25(36)27(31)23-10-7-9-11-32-23)43-18-26(37)34-16-24(29(38)39)35-44(41,42)28-20(3)13-19(2)14-21(28)4/h7,9-11,13-14,22,24-25,27,35H,5-6,8,12,15-18,31H2,1-4H3,(H,33,40)(H,34,37)(H,38,39). The van der Waals surface area contributed by atoms with Gasteiger partial charge in [0, 0.05) is 25.8 Å². The van der Waals surface area contributed by atoms with Crippen LogP contribution in [0.5, 0.6) is 0 Å². The van der Waals surface area contributed by atoms with Crippen molar-refractivity contribution in [3.05, 3.63) is 58.9 Å². The van der Waals surface area contributed by atoms with E-state index < -0.39 is 59.3 Å². The van der Waals surface area contributed by atoms with Crippen LogP contribution in [0.1, 0.15) is 61.0 Å². The monoisotopic (exact) mass is 632 g/mol. The lowest BCUT2D eigenvalue weighted by atomic mass is 10.0. The van der Waals surface area contributed by atoms with Crippen molar-refractivity contribution in [1.82, 2.24) is 25.2 Å². The Labute approximate surface area is 259 Å². The summed E-state index contributed by atoms with van der Waals surface area (Å²) >= 11 is 0. The van der Waals surface area contributed by atoms with Crippen LogP contribution in [0.3, 0.4) is 0 Å². The second-order valence-corrected chi connectivity index (χ2v) is 12.8. The topological polar surface area (TPSA) is 193 Å². The van der Waals surface area contributed by atoms with Crippen LogP contribution in [0, 0.1) is 20.8 Å². The normalized spacial score (nSPS) is 18.1. The van der Waals surface area contributed by atoms with Crippen LogP contribution in [0.15, 0.2) is 41.4 Å². The van der Waals surface area contributed by atoms with Gasteiger partial charge >= 0.3 is 12.0 Å². The number of carbonyl (C=O) groups is 3. The van der Waals surface area contributed by atoms with Crippen LogP contribution in [-0.4, -0.2) is 85.7 Å². The number of carbonyl (C=O) groups excluding carboxylic acids is 2. The molecule has 1 aliphatic rings. The summed E-state index contributed by atoms with van der Waals surface area (Å²) < 4.78 is 34.1. The quantitative estimate of drug-likeness (QED) is 0.182. The van der Waals surface area contributed by atoms with Crippen LogP contribution in [-0.2, 0) is 24.3 Å². The fraction of sp³-hybridized carbons (Fsp3) is 0.533. The summed E-state index contributed by atoms with van der Waals surface area (Å²) in [6.07, 6.45) is 4.35. The molecule has 3 amide bonds. The molecule has 1 aliphatic heterocycles. The highest BCUT2D eigenvalue weighted by molar-refractivity contribution is 7.89. The molecule has 4 unspecified atom stereocenters. The number of carboxylic acid groups (broad SMARTS) is 1. The van der Waals surface area contributed by atoms with Gasteiger partial charge in [0.15, 0.2) is 0 Å². The number of benzene rings is 1. The molecule has 1 aromatic carbocycles. The first-order valence-corrected chi connectivity index (χ1v) is 16.2. The lowest BCUT2D eigenvalue weighted by Gasteiger charge is -2.29. The number of nitrogens with zero attached hydrogens (tertiary/aromatic N) is 2. The number of nitrogens with one attached hydrogen (secondary N) is 3. The van der Waals surface area contributed by atoms with E-state index >= 15 is 0 Å². The molecule has 0 aliphatic carbocycles. The zero-order valence-corrected chi connectivity index (χ0v) is 26.5. The third-order valence-corrected chi connectivity index (χ3v) is 9.26. The first kappa shape index (κ1) is 34.9. The molecular weight excluding hydrogens is 588 g/mol. The number of ether oxygens (including phenoxy) is 1. The number of aliphatic carboxylic acids is 1. The summed E-state index contributed by atoms with van der Waals surface area (Å²) in [6, 6.07) is 5.89. The Kier molecular flexibility index (Phi) is 12.6. The van der Waals surface area contributed by atoms with Crippen LogP contribution >= 0.6 is 0 Å². The molecule has 44 heavy (non-hydrogen) atoms. The number of pyridine rings is 1. The second kappa shape index (κ2) is 15.9. The maximum absolute atomic E-state index is 13.1. The lowest BCUT2D eigenvalue weighted by molar-refractivity contribution is -0.139. The van der Waals surface area contributed by atoms with Crippen molar-refractivity contribution in [2.75, 3.05) is 26.2 Å². The molecule has 0 spiro atoms. The number of rotatable bonds is 15. The van der Waals surface area contributed by atoms with E-state index in [0.29, 0.717) is 29.8 Å². The molecule has 0 radical (unpaired) electrons. The summed E-state index contributed by atoms with van der Waals surface area (Å²) in [6.45, 7) is 7.00. The average molecular weight is 633 g/mol. The first-order chi connectivity index (χ1) is 20.8. The minimum atomic E-state index is -4.19. The van der Waals surface area contributed by atoms with E-state index in [4.69, 9.17) is 10.5 Å². The Morgan fingerprint density at radius 2 is 1.84 bits per heavy atom. The lowest BCUT2D eigenvalue weighted by Crippen LogP contribution is -2.49. The Hall–Kier alpha value is -3.59. The molecule has 1 aromatic heterocycles. The predicted molar refractivity (Wildman–Crippen MR) is 164 cm³/mol. The third-order valence-electron chi connectivity index (χ3n) is 7.49. The Morgan fingerprint density at radius 3 is 2.45 bits per heavy atom. The highest BCUT2D eigenvalue weighted by atomic mass is 32.2. The number of nitrogens with two attached hydrogens (primary N) is 1. The highest BCUT2D eigenvalue weighted by Crippen LogP contribution is 2.29. The van der Waals surface area contributed by atoms with E-state index in [-0.39, 0.29) is 17.5 Å². The Bertz CT molecular complexity index is 1380. The number of carboxylic acids is 1. The molecule has 2 aromatic rings. The van der Waals surface area contributed by atoms with Gasteiger partial charge in [-0.1, -0.05) is 43.5 Å². The molecule has 2 heterocycles. The van der Waals surface area contributed by atoms with Gasteiger partial charge in [0.25, 0.3) is 0 Å². The minimum Gasteiger partial charge on any atom is -0.480 e. The molecule has 4 atom stereocenters. The number of aromatic nitrogens is 1. The van der Waals surface area contributed by atoms with Crippen molar-refractivity contribution in [1.29, 1.82) is 0 Å². The van der Waals surface area contributed by atoms with Crippen molar-refractivity contribution >= 4 is 27.9 Å². The number of likely N-dealkylation sites (tertiary alicyclic amines) is 1. The zero-order chi connectivity index (χ0) is 32.4. The fourth-order valence-electron chi connectivity index (χ4n) is 5.44. The molecular formula is C30H44N6O7S. The van der Waals surface area contributed by atoms with Gasteiger partial charge in [-0.25, -0.2) is 13.2 Å². The highest BCUT2D eigenvalue weighted by Gasteiger charge is 2.40. The van der Waals surface area contributed by atoms with Crippen LogP contribution in [0.4, 0.5) is 4.79 Å². The van der Waals surface area contributed by atoms with Gasteiger partial charge in [-0.05, 0) is 56.9 Å². The minimum absolute atomic E-state index is 0.00247. The smallest absolute Gasteiger partial charge is 0.323 e. The van der Waals surface area contributed by atoms with Crippen molar-refractivity contribution in [3.63, 3.8) is 0 Å². The third kappa shape index (κ3) is 9.45. The van der Waals surface area contributed by atoms with Gasteiger partial charge in [-0.3, -0.25) is 14.6 Å². The van der Waals surface area contributed by atoms with Crippen LogP contribution < -0.4 is 21.1 Å². The second-order valence-electron chi connectivity index (χ2n) is 11.2. The number of sulfonamides is 1. The summed E-state index contributed by atoms with van der Waals surface area (Å²) in [4.78, 5) is 43.5. The average Bonchev–Trinajstić information content (AvgIpc) is 3.40. The summed E-state index contributed by atoms with van der Waals surface area (Å²) in [5, 5.41) is 15.0. The molecule has 13 nitrogen and oxygen atoms in total. The SMILES string of the molecule is CCCCCNC(=O)N1CC(OCC(=O)NCC(NS(=O)(=O)c2c(C)cc(C)cc2C)C(=O)O)CC1C(N)c1ccccn1. The molecule has 1 saturated heterocycles. The van der Waals surface area contributed by atoms with Crippen molar-refractivity contribution in [3.8, 4) is 0 Å². The Morgan fingerprint density at radius 1 is 1.14 bits per heavy atom. The van der Waals surface area contributed by atoms with E-state index in [1.54, 1.807) is 49.2 Å². The molecule has 14 heteroatoms. The molecule has 0 bridgehead atoms. The summed E-state index contributed by atoms with van der Waals surface area (Å²) in [5.41, 5.74) is 8.99. The van der Waals surface area contributed by atoms with Crippen molar-refractivity contribution in [2.24, 2.45) is 5.73 Å². The van der Waals surface area contributed by atoms with Gasteiger partial charge in [0.1, 0.15) is 12.6 Å². The molecule has 1 fully saturated rings. The first-order valence-electron chi connectivity index (χ1n) is 14.8. The number of urea groups is 1. The van der Waals surface area contributed by atoms with Gasteiger partial charge in [-0.2, -0.15) is 4.72 Å². The van der Waals surface area contributed by atoms with E-state index in [2.05, 4.69) is 27.3 Å². The number of hydrogen-bond acceptors (Lipinski definition) is 8. The van der Waals surface area contributed by atoms with Gasteiger partial charge < -0.3 is 31.1 Å². The van der Waals surface area contributed by atoms with Crippen LogP contribution in [0.25, 0.3) is 0 Å². The van der Waals surface area contributed by atoms with Gasteiger partial charge in [-0.15, -0.1) is 0 Å². The molecule has 242 valence electrons. The van der Waals surface area contributed by atoms with Gasteiger partial charge in [0.2, 0.25) is 15.9 Å². The largest absolute Gasteiger partial charge is 0.480 e. The molecule has 3 rings (SSSR count). The van der Waals surface area contributed by atoms with E-state index in [0.717, 1.165) is 24.8 Å². The van der Waals surface area contributed by atoms with Crippen LogP contribution in [0.2, 0.25) is 0 Å². The molecule has 0 saturated carbocycles.